The summed E-state index contributed by atoms with van der Waals surface area (Å²) in [6.07, 6.45) is 1.29. The van der Waals surface area contributed by atoms with Gasteiger partial charge in [0.2, 0.25) is 0 Å². The molecule has 3 aromatic rings. The maximum atomic E-state index is 12.3. The molecule has 0 aliphatic rings. The molecule has 1 aromatic heterocycles. The van der Waals surface area contributed by atoms with Crippen molar-refractivity contribution >= 4 is 5.91 Å². The highest BCUT2D eigenvalue weighted by atomic mass is 16.5. The predicted octanol–water partition coefficient (Wildman–Crippen LogP) is 3.46. The highest BCUT2D eigenvalue weighted by Crippen LogP contribution is 2.20. The first-order valence-corrected chi connectivity index (χ1v) is 8.60. The minimum Gasteiger partial charge on any atom is -0.388 e. The molecule has 1 atom stereocenters. The van der Waals surface area contributed by atoms with Crippen LogP contribution in [-0.4, -0.2) is 28.3 Å². The molecule has 1 heterocycles. The van der Waals surface area contributed by atoms with Crippen molar-refractivity contribution in [3.63, 3.8) is 0 Å². The van der Waals surface area contributed by atoms with Crippen LogP contribution in [0.1, 0.15) is 29.4 Å². The van der Waals surface area contributed by atoms with E-state index in [1.807, 2.05) is 60.7 Å². The van der Waals surface area contributed by atoms with E-state index in [2.05, 4.69) is 10.5 Å². The fourth-order valence-corrected chi connectivity index (χ4v) is 2.63. The molecule has 0 saturated heterocycles. The minimum absolute atomic E-state index is 0.145. The molecule has 0 bridgehead atoms. The van der Waals surface area contributed by atoms with Crippen molar-refractivity contribution in [3.8, 4) is 11.3 Å². The molecular weight excluding hydrogens is 328 g/mol. The molecular formula is C21H22N2O3. The molecule has 0 aliphatic carbocycles. The van der Waals surface area contributed by atoms with Gasteiger partial charge in [-0.3, -0.25) is 4.79 Å². The first kappa shape index (κ1) is 17.9. The molecule has 0 aliphatic heterocycles. The zero-order chi connectivity index (χ0) is 18.4. The van der Waals surface area contributed by atoms with Crippen molar-refractivity contribution in [2.45, 2.75) is 25.4 Å². The van der Waals surface area contributed by atoms with Gasteiger partial charge in [-0.05, 0) is 25.3 Å². The van der Waals surface area contributed by atoms with Gasteiger partial charge in [0.05, 0.1) is 5.60 Å². The summed E-state index contributed by atoms with van der Waals surface area (Å²) in [6, 6.07) is 21.0. The number of hydrogen-bond donors (Lipinski definition) is 2. The molecule has 0 radical (unpaired) electrons. The lowest BCUT2D eigenvalue weighted by atomic mass is 9.97. The summed E-state index contributed by atoms with van der Waals surface area (Å²) in [5.74, 6) is 0.169. The third-order valence-electron chi connectivity index (χ3n) is 4.23. The summed E-state index contributed by atoms with van der Waals surface area (Å²) in [7, 11) is 0. The van der Waals surface area contributed by atoms with E-state index in [4.69, 9.17) is 4.52 Å². The Morgan fingerprint density at radius 2 is 1.77 bits per heavy atom. The van der Waals surface area contributed by atoms with Crippen molar-refractivity contribution in [3.05, 3.63) is 78.0 Å². The van der Waals surface area contributed by atoms with Crippen LogP contribution in [0.25, 0.3) is 11.3 Å². The van der Waals surface area contributed by atoms with Crippen LogP contribution in [0.15, 0.2) is 71.3 Å². The Morgan fingerprint density at radius 1 is 1.12 bits per heavy atom. The summed E-state index contributed by atoms with van der Waals surface area (Å²) in [5.41, 5.74) is 1.21. The van der Waals surface area contributed by atoms with Crippen LogP contribution >= 0.6 is 0 Å². The van der Waals surface area contributed by atoms with Crippen molar-refractivity contribution in [2.24, 2.45) is 0 Å². The fraction of sp³-hybridized carbons (Fsp3) is 0.238. The summed E-state index contributed by atoms with van der Waals surface area (Å²) in [5, 5.41) is 17.0. The smallest absolute Gasteiger partial charge is 0.273 e. The van der Waals surface area contributed by atoms with Gasteiger partial charge in [-0.1, -0.05) is 65.8 Å². The average molecular weight is 350 g/mol. The molecule has 0 fully saturated rings. The van der Waals surface area contributed by atoms with Crippen LogP contribution in [0, 0.1) is 0 Å². The van der Waals surface area contributed by atoms with Crippen LogP contribution in [-0.2, 0) is 6.42 Å². The van der Waals surface area contributed by atoms with E-state index >= 15 is 0 Å². The maximum absolute atomic E-state index is 12.3. The number of aryl methyl sites for hydroxylation is 1. The van der Waals surface area contributed by atoms with E-state index in [-0.39, 0.29) is 18.1 Å². The Bertz CT molecular complexity index is 842. The maximum Gasteiger partial charge on any atom is 0.273 e. The highest BCUT2D eigenvalue weighted by molar-refractivity contribution is 5.93. The Balaban J connectivity index is 1.54. The zero-order valence-electron chi connectivity index (χ0n) is 14.7. The van der Waals surface area contributed by atoms with Crippen molar-refractivity contribution in [2.75, 3.05) is 6.54 Å². The lowest BCUT2D eigenvalue weighted by Gasteiger charge is -2.23. The first-order chi connectivity index (χ1) is 12.5. The normalized spacial score (nSPS) is 13.2. The van der Waals surface area contributed by atoms with Gasteiger partial charge in [-0.2, -0.15) is 0 Å². The van der Waals surface area contributed by atoms with Crippen LogP contribution < -0.4 is 5.32 Å². The van der Waals surface area contributed by atoms with Gasteiger partial charge in [0.25, 0.3) is 5.91 Å². The third-order valence-corrected chi connectivity index (χ3v) is 4.23. The summed E-state index contributed by atoms with van der Waals surface area (Å²) >= 11 is 0. The molecule has 134 valence electrons. The predicted molar refractivity (Wildman–Crippen MR) is 99.7 cm³/mol. The third kappa shape index (κ3) is 4.80. The topological polar surface area (TPSA) is 75.4 Å². The minimum atomic E-state index is -1.00. The van der Waals surface area contributed by atoms with E-state index in [1.165, 1.54) is 0 Å². The van der Waals surface area contributed by atoms with Gasteiger partial charge < -0.3 is 14.9 Å². The second kappa shape index (κ2) is 7.97. The number of rotatable bonds is 7. The van der Waals surface area contributed by atoms with E-state index in [0.29, 0.717) is 12.2 Å². The molecule has 1 amide bonds. The van der Waals surface area contributed by atoms with E-state index in [1.54, 1.807) is 13.0 Å². The Hall–Kier alpha value is -2.92. The van der Waals surface area contributed by atoms with Gasteiger partial charge in [0.15, 0.2) is 11.5 Å². The number of benzene rings is 2. The number of carbonyl (C=O) groups is 1. The Labute approximate surface area is 152 Å². The van der Waals surface area contributed by atoms with Crippen LogP contribution in [0.2, 0.25) is 0 Å². The Kier molecular flexibility index (Phi) is 5.49. The van der Waals surface area contributed by atoms with Crippen molar-refractivity contribution < 1.29 is 14.4 Å². The number of nitrogens with zero attached hydrogens (tertiary/aromatic N) is 1. The zero-order valence-corrected chi connectivity index (χ0v) is 14.7. The van der Waals surface area contributed by atoms with Crippen LogP contribution in [0.3, 0.4) is 0 Å². The van der Waals surface area contributed by atoms with Gasteiger partial charge in [-0.15, -0.1) is 0 Å². The highest BCUT2D eigenvalue weighted by Gasteiger charge is 2.22. The molecule has 3 rings (SSSR count). The standard InChI is InChI=1S/C21H22N2O3/c1-21(25,13-12-16-8-4-2-5-9-16)15-22-20(24)18-14-19(26-23-18)17-10-6-3-7-11-17/h2-11,14,25H,12-13,15H2,1H3,(H,22,24). The average Bonchev–Trinajstić information content (AvgIpc) is 3.17. The van der Waals surface area contributed by atoms with Crippen LogP contribution in [0.5, 0.6) is 0 Å². The summed E-state index contributed by atoms with van der Waals surface area (Å²) in [6.45, 7) is 1.86. The molecule has 1 unspecified atom stereocenters. The SMILES string of the molecule is CC(O)(CCc1ccccc1)CNC(=O)c1cc(-c2ccccc2)on1. The Morgan fingerprint density at radius 3 is 2.46 bits per heavy atom. The lowest BCUT2D eigenvalue weighted by molar-refractivity contribution is 0.0476. The first-order valence-electron chi connectivity index (χ1n) is 8.60. The summed E-state index contributed by atoms with van der Waals surface area (Å²) in [4.78, 5) is 12.3. The molecule has 0 spiro atoms. The number of nitrogens with one attached hydrogen (secondary N) is 1. The number of aromatic nitrogens is 1. The number of hydrogen-bond acceptors (Lipinski definition) is 4. The van der Waals surface area contributed by atoms with Gasteiger partial charge in [0.1, 0.15) is 0 Å². The van der Waals surface area contributed by atoms with E-state index in [9.17, 15) is 9.90 Å². The lowest BCUT2D eigenvalue weighted by Crippen LogP contribution is -2.41. The number of carbonyl (C=O) groups excluding carboxylic acids is 1. The van der Waals surface area contributed by atoms with Crippen molar-refractivity contribution in [1.82, 2.24) is 10.5 Å². The summed E-state index contributed by atoms with van der Waals surface area (Å²) < 4.78 is 5.24. The molecule has 0 saturated carbocycles. The van der Waals surface area contributed by atoms with Gasteiger partial charge in [-0.25, -0.2) is 0 Å². The van der Waals surface area contributed by atoms with Gasteiger partial charge in [0, 0.05) is 18.2 Å². The quantitative estimate of drug-likeness (QED) is 0.684. The number of aliphatic hydroxyl groups is 1. The molecule has 5 nitrogen and oxygen atoms in total. The second-order valence-corrected chi connectivity index (χ2v) is 6.61. The fourth-order valence-electron chi connectivity index (χ4n) is 2.63. The number of amides is 1. The van der Waals surface area contributed by atoms with E-state index < -0.39 is 5.60 Å². The van der Waals surface area contributed by atoms with Crippen LogP contribution in [0.4, 0.5) is 0 Å². The largest absolute Gasteiger partial charge is 0.388 e. The van der Waals surface area contributed by atoms with Gasteiger partial charge >= 0.3 is 0 Å². The monoisotopic (exact) mass is 350 g/mol. The molecule has 5 heteroatoms. The molecule has 2 N–H and O–H groups in total. The molecule has 26 heavy (non-hydrogen) atoms. The molecule has 2 aromatic carbocycles. The van der Waals surface area contributed by atoms with E-state index in [0.717, 1.165) is 17.5 Å². The van der Waals surface area contributed by atoms with Crippen molar-refractivity contribution in [1.29, 1.82) is 0 Å². The second-order valence-electron chi connectivity index (χ2n) is 6.61.